The van der Waals surface area contributed by atoms with Crippen molar-refractivity contribution in [1.29, 1.82) is 0 Å². The van der Waals surface area contributed by atoms with Crippen LogP contribution in [0.15, 0.2) is 18.3 Å². The summed E-state index contributed by atoms with van der Waals surface area (Å²) in [5.74, 6) is 1.98. The van der Waals surface area contributed by atoms with Crippen LogP contribution >= 0.6 is 0 Å². The fraction of sp³-hybridized carbons (Fsp3) is 0.600. The molecule has 1 aliphatic rings. The fourth-order valence-electron chi connectivity index (χ4n) is 2.70. The van der Waals surface area contributed by atoms with Crippen LogP contribution in [0.2, 0.25) is 0 Å². The van der Waals surface area contributed by atoms with E-state index < -0.39 is 0 Å². The number of pyridine rings is 1. The monoisotopic (exact) mass is 261 g/mol. The van der Waals surface area contributed by atoms with Crippen molar-refractivity contribution in [2.75, 3.05) is 12.3 Å². The van der Waals surface area contributed by atoms with Gasteiger partial charge >= 0.3 is 0 Å². The Kier molecular flexibility index (Phi) is 4.77. The van der Waals surface area contributed by atoms with Crippen molar-refractivity contribution in [3.63, 3.8) is 0 Å². The molecule has 104 valence electrons. The van der Waals surface area contributed by atoms with Crippen LogP contribution in [0.1, 0.15) is 49.4 Å². The van der Waals surface area contributed by atoms with Gasteiger partial charge in [0.25, 0.3) is 5.91 Å². The number of amides is 1. The molecule has 0 aliphatic heterocycles. The van der Waals surface area contributed by atoms with Gasteiger partial charge in [-0.25, -0.2) is 4.98 Å². The second-order valence-corrected chi connectivity index (χ2v) is 5.64. The highest BCUT2D eigenvalue weighted by atomic mass is 16.1. The Morgan fingerprint density at radius 2 is 2.16 bits per heavy atom. The van der Waals surface area contributed by atoms with Gasteiger partial charge in [0.2, 0.25) is 0 Å². The second-order valence-electron chi connectivity index (χ2n) is 5.64. The Morgan fingerprint density at radius 1 is 1.42 bits per heavy atom. The lowest BCUT2D eigenvalue weighted by Gasteiger charge is -2.26. The van der Waals surface area contributed by atoms with Gasteiger partial charge in [0.05, 0.1) is 0 Å². The Balaban J connectivity index is 1.72. The molecule has 19 heavy (non-hydrogen) atoms. The molecule has 0 bridgehead atoms. The molecule has 1 saturated carbocycles. The molecule has 1 heterocycles. The first-order valence-electron chi connectivity index (χ1n) is 7.15. The maximum atomic E-state index is 11.9. The number of rotatable bonds is 4. The topological polar surface area (TPSA) is 68.0 Å². The predicted octanol–water partition coefficient (Wildman–Crippen LogP) is 2.61. The van der Waals surface area contributed by atoms with E-state index >= 15 is 0 Å². The summed E-state index contributed by atoms with van der Waals surface area (Å²) in [5.41, 5.74) is 6.15. The number of aromatic nitrogens is 1. The van der Waals surface area contributed by atoms with Gasteiger partial charge in [0, 0.05) is 18.3 Å². The number of nitrogen functional groups attached to an aromatic ring is 1. The number of nitrogens with zero attached hydrogens (tertiary/aromatic N) is 1. The molecule has 1 fully saturated rings. The summed E-state index contributed by atoms with van der Waals surface area (Å²) >= 11 is 0. The van der Waals surface area contributed by atoms with Gasteiger partial charge < -0.3 is 11.1 Å². The second kappa shape index (κ2) is 6.55. The first-order chi connectivity index (χ1) is 9.15. The van der Waals surface area contributed by atoms with Gasteiger partial charge in [-0.15, -0.1) is 0 Å². The Labute approximate surface area is 114 Å². The Hall–Kier alpha value is -1.58. The summed E-state index contributed by atoms with van der Waals surface area (Å²) in [5, 5.41) is 2.96. The SMILES string of the molecule is CC1CCC(CCNC(=O)c2ccnc(N)c2)CC1. The van der Waals surface area contributed by atoms with E-state index in [0.717, 1.165) is 24.8 Å². The van der Waals surface area contributed by atoms with E-state index in [-0.39, 0.29) is 5.91 Å². The number of hydrogen-bond donors (Lipinski definition) is 2. The largest absolute Gasteiger partial charge is 0.384 e. The molecule has 0 unspecified atom stereocenters. The van der Waals surface area contributed by atoms with Gasteiger partial charge in [-0.05, 0) is 30.4 Å². The molecule has 0 aromatic carbocycles. The highest BCUT2D eigenvalue weighted by Crippen LogP contribution is 2.29. The molecule has 1 aromatic heterocycles. The van der Waals surface area contributed by atoms with E-state index in [4.69, 9.17) is 5.73 Å². The predicted molar refractivity (Wildman–Crippen MR) is 76.7 cm³/mol. The standard InChI is InChI=1S/C15H23N3O/c1-11-2-4-12(5-3-11)6-8-18-15(19)13-7-9-17-14(16)10-13/h7,9-12H,2-6,8H2,1H3,(H2,16,17)(H,18,19). The molecule has 4 nitrogen and oxygen atoms in total. The van der Waals surface area contributed by atoms with E-state index in [9.17, 15) is 4.79 Å². The van der Waals surface area contributed by atoms with Gasteiger partial charge in [-0.2, -0.15) is 0 Å². The van der Waals surface area contributed by atoms with Crippen molar-refractivity contribution in [3.8, 4) is 0 Å². The van der Waals surface area contributed by atoms with Crippen LogP contribution in [0.3, 0.4) is 0 Å². The van der Waals surface area contributed by atoms with E-state index in [1.807, 2.05) is 0 Å². The van der Waals surface area contributed by atoms with Gasteiger partial charge in [-0.1, -0.05) is 32.6 Å². The van der Waals surface area contributed by atoms with Gasteiger partial charge in [0.1, 0.15) is 5.82 Å². The lowest BCUT2D eigenvalue weighted by molar-refractivity contribution is 0.0949. The smallest absolute Gasteiger partial charge is 0.251 e. The average Bonchev–Trinajstić information content (AvgIpc) is 2.41. The van der Waals surface area contributed by atoms with Crippen molar-refractivity contribution < 1.29 is 4.79 Å². The molecular weight excluding hydrogens is 238 g/mol. The van der Waals surface area contributed by atoms with Crippen molar-refractivity contribution in [2.45, 2.75) is 39.0 Å². The number of carbonyl (C=O) groups excluding carboxylic acids is 1. The van der Waals surface area contributed by atoms with Crippen molar-refractivity contribution in [2.24, 2.45) is 11.8 Å². The third kappa shape index (κ3) is 4.23. The quantitative estimate of drug-likeness (QED) is 0.875. The number of hydrogen-bond acceptors (Lipinski definition) is 3. The molecule has 4 heteroatoms. The molecule has 0 atom stereocenters. The highest BCUT2D eigenvalue weighted by Gasteiger charge is 2.18. The van der Waals surface area contributed by atoms with Crippen LogP contribution in [-0.2, 0) is 0 Å². The molecule has 2 rings (SSSR count). The van der Waals surface area contributed by atoms with Crippen LogP contribution in [0.25, 0.3) is 0 Å². The fourth-order valence-corrected chi connectivity index (χ4v) is 2.70. The molecule has 0 radical (unpaired) electrons. The maximum Gasteiger partial charge on any atom is 0.251 e. The molecule has 1 aliphatic carbocycles. The zero-order valence-electron chi connectivity index (χ0n) is 11.6. The minimum Gasteiger partial charge on any atom is -0.384 e. The zero-order valence-corrected chi connectivity index (χ0v) is 11.6. The molecule has 0 saturated heterocycles. The summed E-state index contributed by atoms with van der Waals surface area (Å²) < 4.78 is 0. The van der Waals surface area contributed by atoms with Crippen LogP contribution in [0, 0.1) is 11.8 Å². The van der Waals surface area contributed by atoms with Crippen LogP contribution in [-0.4, -0.2) is 17.4 Å². The zero-order chi connectivity index (χ0) is 13.7. The van der Waals surface area contributed by atoms with Crippen LogP contribution in [0.5, 0.6) is 0 Å². The molecule has 1 amide bonds. The molecule has 1 aromatic rings. The summed E-state index contributed by atoms with van der Waals surface area (Å²) in [7, 11) is 0. The average molecular weight is 261 g/mol. The minimum absolute atomic E-state index is 0.0572. The van der Waals surface area contributed by atoms with Gasteiger partial charge in [-0.3, -0.25) is 4.79 Å². The maximum absolute atomic E-state index is 11.9. The number of nitrogens with one attached hydrogen (secondary N) is 1. The van der Waals surface area contributed by atoms with E-state index in [0.29, 0.717) is 11.4 Å². The first-order valence-corrected chi connectivity index (χ1v) is 7.15. The number of anilines is 1. The minimum atomic E-state index is -0.0572. The van der Waals surface area contributed by atoms with E-state index in [1.165, 1.54) is 25.7 Å². The van der Waals surface area contributed by atoms with E-state index in [1.54, 1.807) is 18.3 Å². The van der Waals surface area contributed by atoms with Crippen molar-refractivity contribution in [1.82, 2.24) is 10.3 Å². The number of carbonyl (C=O) groups is 1. The lowest BCUT2D eigenvalue weighted by atomic mass is 9.81. The molecular formula is C15H23N3O. The number of nitrogens with two attached hydrogens (primary N) is 1. The van der Waals surface area contributed by atoms with Crippen LogP contribution < -0.4 is 11.1 Å². The lowest BCUT2D eigenvalue weighted by Crippen LogP contribution is -2.27. The Bertz CT molecular complexity index is 425. The van der Waals surface area contributed by atoms with Crippen LogP contribution in [0.4, 0.5) is 5.82 Å². The molecule has 0 spiro atoms. The highest BCUT2D eigenvalue weighted by molar-refractivity contribution is 5.94. The molecule has 3 N–H and O–H groups in total. The third-order valence-electron chi connectivity index (χ3n) is 4.02. The first kappa shape index (κ1) is 13.8. The van der Waals surface area contributed by atoms with E-state index in [2.05, 4.69) is 17.2 Å². The summed E-state index contributed by atoms with van der Waals surface area (Å²) in [4.78, 5) is 15.8. The summed E-state index contributed by atoms with van der Waals surface area (Å²) in [6.07, 6.45) is 7.92. The summed E-state index contributed by atoms with van der Waals surface area (Å²) in [6.45, 7) is 3.08. The van der Waals surface area contributed by atoms with Crippen molar-refractivity contribution >= 4 is 11.7 Å². The van der Waals surface area contributed by atoms with Gasteiger partial charge in [0.15, 0.2) is 0 Å². The normalized spacial score (nSPS) is 23.0. The summed E-state index contributed by atoms with van der Waals surface area (Å²) in [6, 6.07) is 3.30. The third-order valence-corrected chi connectivity index (χ3v) is 4.02. The Morgan fingerprint density at radius 3 is 2.84 bits per heavy atom. The van der Waals surface area contributed by atoms with Crippen molar-refractivity contribution in [3.05, 3.63) is 23.9 Å².